The Morgan fingerprint density at radius 2 is 2.12 bits per heavy atom. The Labute approximate surface area is 101 Å². The fraction of sp³-hybridized carbons (Fsp3) is 0.538. The molecule has 1 fully saturated rings. The molecule has 1 saturated carbocycles. The molecule has 0 atom stereocenters. The fourth-order valence-electron chi connectivity index (χ4n) is 2.51. The Kier molecular flexibility index (Phi) is 2.81. The molecule has 1 aromatic heterocycles. The number of primary amides is 1. The van der Waals surface area contributed by atoms with E-state index in [0.29, 0.717) is 22.8 Å². The van der Waals surface area contributed by atoms with Gasteiger partial charge < -0.3 is 10.5 Å². The van der Waals surface area contributed by atoms with Gasteiger partial charge in [0, 0.05) is 11.6 Å². The maximum Gasteiger partial charge on any atom is 0.254 e. The Morgan fingerprint density at radius 1 is 1.47 bits per heavy atom. The zero-order chi connectivity index (χ0) is 12.6. The number of aromatic nitrogens is 1. The molecule has 17 heavy (non-hydrogen) atoms. The van der Waals surface area contributed by atoms with Crippen molar-refractivity contribution in [2.45, 2.75) is 32.6 Å². The molecular weight excluding hydrogens is 216 g/mol. The normalized spacial score (nSPS) is 18.5. The largest absolute Gasteiger partial charge is 0.480 e. The van der Waals surface area contributed by atoms with Gasteiger partial charge in [-0.05, 0) is 30.4 Å². The van der Waals surface area contributed by atoms with Crippen molar-refractivity contribution in [2.24, 2.45) is 11.1 Å². The van der Waals surface area contributed by atoms with E-state index in [9.17, 15) is 4.79 Å². The molecule has 1 aliphatic carbocycles. The van der Waals surface area contributed by atoms with Gasteiger partial charge >= 0.3 is 0 Å². The Bertz CT molecular complexity index is 447. The van der Waals surface area contributed by atoms with Gasteiger partial charge in [-0.15, -0.1) is 0 Å². The molecule has 2 rings (SSSR count). The van der Waals surface area contributed by atoms with Crippen LogP contribution >= 0.6 is 0 Å². The van der Waals surface area contributed by atoms with Crippen molar-refractivity contribution >= 4 is 5.91 Å². The molecule has 0 unspecified atom stereocenters. The van der Waals surface area contributed by atoms with Crippen molar-refractivity contribution in [1.82, 2.24) is 4.98 Å². The van der Waals surface area contributed by atoms with Crippen LogP contribution in [0.4, 0.5) is 0 Å². The van der Waals surface area contributed by atoms with Gasteiger partial charge in [-0.1, -0.05) is 13.8 Å². The van der Waals surface area contributed by atoms with Gasteiger partial charge in [0.2, 0.25) is 5.88 Å². The number of carbonyl (C=O) groups excluding carboxylic acids is 1. The fourth-order valence-corrected chi connectivity index (χ4v) is 2.51. The summed E-state index contributed by atoms with van der Waals surface area (Å²) in [6.07, 6.45) is 2.25. The Morgan fingerprint density at radius 3 is 2.59 bits per heavy atom. The number of methoxy groups -OCH3 is 1. The van der Waals surface area contributed by atoms with Crippen molar-refractivity contribution in [3.8, 4) is 5.88 Å². The van der Waals surface area contributed by atoms with Crippen molar-refractivity contribution in [1.29, 1.82) is 0 Å². The first-order valence-corrected chi connectivity index (χ1v) is 5.78. The minimum atomic E-state index is -0.505. The lowest BCUT2D eigenvalue weighted by Gasteiger charge is -2.42. The van der Waals surface area contributed by atoms with Crippen LogP contribution in [0.1, 0.15) is 48.7 Å². The quantitative estimate of drug-likeness (QED) is 0.870. The van der Waals surface area contributed by atoms with Crippen LogP contribution in [0.3, 0.4) is 0 Å². The molecule has 1 heterocycles. The molecule has 0 radical (unpaired) electrons. The lowest BCUT2D eigenvalue weighted by atomic mass is 9.63. The predicted molar refractivity (Wildman–Crippen MR) is 65.1 cm³/mol. The van der Waals surface area contributed by atoms with Crippen LogP contribution in [-0.4, -0.2) is 18.0 Å². The molecule has 4 nitrogen and oxygen atoms in total. The van der Waals surface area contributed by atoms with Crippen molar-refractivity contribution in [3.63, 3.8) is 0 Å². The molecule has 2 N–H and O–H groups in total. The topological polar surface area (TPSA) is 65.2 Å². The molecule has 1 aromatic rings. The van der Waals surface area contributed by atoms with E-state index in [1.165, 1.54) is 7.11 Å². The molecule has 4 heteroatoms. The predicted octanol–water partition coefficient (Wildman–Crippen LogP) is 2.09. The molecule has 0 bridgehead atoms. The number of nitrogens with zero attached hydrogens (tertiary/aromatic N) is 1. The highest BCUT2D eigenvalue weighted by Gasteiger charge is 2.37. The summed E-state index contributed by atoms with van der Waals surface area (Å²) < 4.78 is 5.11. The van der Waals surface area contributed by atoms with Crippen LogP contribution in [0.15, 0.2) is 12.1 Å². The molecule has 0 aromatic carbocycles. The average molecular weight is 234 g/mol. The van der Waals surface area contributed by atoms with Gasteiger partial charge in [-0.2, -0.15) is 0 Å². The summed E-state index contributed by atoms with van der Waals surface area (Å²) in [7, 11) is 1.50. The summed E-state index contributed by atoms with van der Waals surface area (Å²) in [6, 6.07) is 3.58. The second-order valence-corrected chi connectivity index (χ2v) is 5.43. The van der Waals surface area contributed by atoms with Crippen LogP contribution in [0, 0.1) is 5.41 Å². The molecule has 92 valence electrons. The minimum Gasteiger partial charge on any atom is -0.480 e. The third kappa shape index (κ3) is 2.25. The van der Waals surface area contributed by atoms with E-state index >= 15 is 0 Å². The monoisotopic (exact) mass is 234 g/mol. The Balaban J connectivity index is 2.24. The van der Waals surface area contributed by atoms with Crippen LogP contribution < -0.4 is 10.5 Å². The molecular formula is C13H18N2O2. The third-order valence-corrected chi connectivity index (χ3v) is 3.36. The average Bonchev–Trinajstić information content (AvgIpc) is 2.24. The number of amides is 1. The highest BCUT2D eigenvalue weighted by molar-refractivity contribution is 5.95. The van der Waals surface area contributed by atoms with Crippen LogP contribution in [-0.2, 0) is 0 Å². The van der Waals surface area contributed by atoms with E-state index in [0.717, 1.165) is 18.5 Å². The summed E-state index contributed by atoms with van der Waals surface area (Å²) >= 11 is 0. The number of nitrogens with two attached hydrogens (primary N) is 1. The molecule has 0 aliphatic heterocycles. The van der Waals surface area contributed by atoms with Crippen LogP contribution in [0.25, 0.3) is 0 Å². The number of carbonyl (C=O) groups is 1. The number of hydrogen-bond acceptors (Lipinski definition) is 3. The summed E-state index contributed by atoms with van der Waals surface area (Å²) in [6.45, 7) is 4.50. The SMILES string of the molecule is COc1nc(C2CC(C)(C)C2)ccc1C(N)=O. The molecule has 1 amide bonds. The second-order valence-electron chi connectivity index (χ2n) is 5.43. The lowest BCUT2D eigenvalue weighted by Crippen LogP contribution is -2.30. The first kappa shape index (κ1) is 11.9. The summed E-state index contributed by atoms with van der Waals surface area (Å²) in [5.74, 6) is 0.301. The second kappa shape index (κ2) is 4.02. The smallest absolute Gasteiger partial charge is 0.254 e. The van der Waals surface area contributed by atoms with Gasteiger partial charge in [0.15, 0.2) is 0 Å². The summed E-state index contributed by atoms with van der Waals surface area (Å²) in [5.41, 5.74) is 6.99. The standard InChI is InChI=1S/C13H18N2O2/c1-13(2)6-8(7-13)10-5-4-9(11(14)16)12(15-10)17-3/h4-5,8H,6-7H2,1-3H3,(H2,14,16). The first-order valence-electron chi connectivity index (χ1n) is 5.78. The van der Waals surface area contributed by atoms with Gasteiger partial charge in [0.25, 0.3) is 5.91 Å². The molecule has 1 aliphatic rings. The van der Waals surface area contributed by atoms with Gasteiger partial charge in [-0.25, -0.2) is 4.98 Å². The summed E-state index contributed by atoms with van der Waals surface area (Å²) in [4.78, 5) is 15.5. The zero-order valence-corrected chi connectivity index (χ0v) is 10.5. The molecule has 0 spiro atoms. The lowest BCUT2D eigenvalue weighted by molar-refractivity contribution is 0.0996. The van der Waals surface area contributed by atoms with Gasteiger partial charge in [-0.3, -0.25) is 4.79 Å². The number of pyridine rings is 1. The zero-order valence-electron chi connectivity index (χ0n) is 10.5. The van der Waals surface area contributed by atoms with Crippen molar-refractivity contribution in [3.05, 3.63) is 23.4 Å². The number of ether oxygens (including phenoxy) is 1. The van der Waals surface area contributed by atoms with E-state index < -0.39 is 5.91 Å². The highest BCUT2D eigenvalue weighted by atomic mass is 16.5. The van der Waals surface area contributed by atoms with E-state index in [4.69, 9.17) is 10.5 Å². The van der Waals surface area contributed by atoms with E-state index in [1.807, 2.05) is 6.07 Å². The van der Waals surface area contributed by atoms with E-state index in [-0.39, 0.29) is 0 Å². The summed E-state index contributed by atoms with van der Waals surface area (Å²) in [5, 5.41) is 0. The van der Waals surface area contributed by atoms with Crippen LogP contribution in [0.2, 0.25) is 0 Å². The number of hydrogen-bond donors (Lipinski definition) is 1. The van der Waals surface area contributed by atoms with Gasteiger partial charge in [0.05, 0.1) is 7.11 Å². The maximum atomic E-state index is 11.2. The third-order valence-electron chi connectivity index (χ3n) is 3.36. The highest BCUT2D eigenvalue weighted by Crippen LogP contribution is 2.50. The first-order chi connectivity index (χ1) is 7.93. The number of rotatable bonds is 3. The molecule has 0 saturated heterocycles. The van der Waals surface area contributed by atoms with Crippen LogP contribution in [0.5, 0.6) is 5.88 Å². The van der Waals surface area contributed by atoms with E-state index in [1.54, 1.807) is 6.07 Å². The van der Waals surface area contributed by atoms with Gasteiger partial charge in [0.1, 0.15) is 5.56 Å². The van der Waals surface area contributed by atoms with Crippen molar-refractivity contribution < 1.29 is 9.53 Å². The van der Waals surface area contributed by atoms with E-state index in [2.05, 4.69) is 18.8 Å². The maximum absolute atomic E-state index is 11.2. The minimum absolute atomic E-state index is 0.333. The van der Waals surface area contributed by atoms with Crippen molar-refractivity contribution in [2.75, 3.05) is 7.11 Å². The Hall–Kier alpha value is -1.58.